The average Bonchev–Trinajstić information content (AvgIpc) is 4.32. The maximum Gasteiger partial charge on any atom is 0.155 e. The third-order valence-corrected chi connectivity index (χ3v) is 23.1. The van der Waals surface area contributed by atoms with Gasteiger partial charge in [-0.05, 0) is 109 Å². The molecule has 0 aliphatic carbocycles. The molecule has 0 saturated heterocycles. The smallest absolute Gasteiger partial charge is 0.155 e. The van der Waals surface area contributed by atoms with Crippen LogP contribution in [-0.2, 0) is 25.7 Å². The Morgan fingerprint density at radius 3 is 0.803 bits per heavy atom. The van der Waals surface area contributed by atoms with Gasteiger partial charge in [-0.2, -0.15) is 0 Å². The first kappa shape index (κ1) is 63.5. The van der Waals surface area contributed by atoms with Crippen LogP contribution in [0.3, 0.4) is 0 Å². The molecule has 0 radical (unpaired) electrons. The lowest BCUT2D eigenvalue weighted by Crippen LogP contribution is -1.88. The normalized spacial score (nSPS) is 11.9. The third kappa shape index (κ3) is 23.1. The van der Waals surface area contributed by atoms with Crippen molar-refractivity contribution in [3.8, 4) is 39.3 Å². The van der Waals surface area contributed by atoms with Gasteiger partial charge in [-0.1, -0.05) is 282 Å². The second kappa shape index (κ2) is 39.7. The molecule has 76 heavy (non-hydrogen) atoms. The number of nitrogens with zero attached hydrogens (tertiary/aromatic N) is 2. The average molecular weight is 1140 g/mol. The number of hydrogen-bond acceptors (Lipinski definition) is 8. The fourth-order valence-corrected chi connectivity index (χ4v) is 18.3. The molecular weight excluding hydrogens is 1040 g/mol. The third-order valence-electron chi connectivity index (χ3n) is 16.1. The number of aromatic nitrogens is 2. The Balaban J connectivity index is 1.14. The summed E-state index contributed by atoms with van der Waals surface area (Å²) in [6.07, 6.45) is 60.1. The maximum absolute atomic E-state index is 5.51. The summed E-state index contributed by atoms with van der Waals surface area (Å²) in [7, 11) is 0. The number of fused-ring (bicyclic) bond motifs is 1. The molecule has 0 aromatic carbocycles. The highest BCUT2D eigenvalue weighted by Crippen LogP contribution is 2.48. The minimum Gasteiger partial charge on any atom is -0.222 e. The highest BCUT2D eigenvalue weighted by molar-refractivity contribution is 7.33. The van der Waals surface area contributed by atoms with Crippen LogP contribution >= 0.6 is 68.0 Å². The van der Waals surface area contributed by atoms with Crippen molar-refractivity contribution >= 4 is 77.7 Å². The summed E-state index contributed by atoms with van der Waals surface area (Å²) in [5.41, 5.74) is 6.16. The van der Waals surface area contributed by atoms with E-state index < -0.39 is 0 Å². The van der Waals surface area contributed by atoms with Gasteiger partial charge in [0, 0.05) is 19.5 Å². The standard InChI is InChI=1S/C68H106N2S6/c1-5-9-13-17-21-25-29-33-37-41-45-55-49-51-71-61(55)59-53-57(47-43-39-35-31-27-23-19-15-11-7-3)63(73-59)65-69-67-68(75-65)70-66(76-67)64-58(48-44-40-36-32-28-24-20-16-12-8-4)54-60(74-64)62-56(50-52-72-62)46-42-38-34-30-26-22-18-14-10-6-2/h49-54H,5-48H2,1-4H3. The van der Waals surface area contributed by atoms with Crippen molar-refractivity contribution in [1.82, 2.24) is 9.97 Å². The molecule has 0 aliphatic heterocycles. The quantitative estimate of drug-likeness (QED) is 0.0356. The topological polar surface area (TPSA) is 25.8 Å². The van der Waals surface area contributed by atoms with E-state index in [1.54, 1.807) is 11.1 Å². The van der Waals surface area contributed by atoms with Crippen molar-refractivity contribution in [1.29, 1.82) is 0 Å². The van der Waals surface area contributed by atoms with Crippen LogP contribution in [0.25, 0.3) is 48.9 Å². The molecular formula is C68H106N2S6. The van der Waals surface area contributed by atoms with E-state index in [4.69, 9.17) is 9.97 Å². The van der Waals surface area contributed by atoms with E-state index in [-0.39, 0.29) is 0 Å². The van der Waals surface area contributed by atoms with Gasteiger partial charge in [0.05, 0.1) is 9.75 Å². The van der Waals surface area contributed by atoms with Crippen LogP contribution in [0.4, 0.5) is 0 Å². The summed E-state index contributed by atoms with van der Waals surface area (Å²) >= 11 is 11.7. The lowest BCUT2D eigenvalue weighted by molar-refractivity contribution is 0.556. The van der Waals surface area contributed by atoms with Crippen LogP contribution < -0.4 is 0 Å². The molecule has 0 aliphatic rings. The predicted molar refractivity (Wildman–Crippen MR) is 351 cm³/mol. The second-order valence-electron chi connectivity index (χ2n) is 22.9. The number of aryl methyl sites for hydroxylation is 4. The number of unbranched alkanes of at least 4 members (excludes halogenated alkanes) is 36. The molecule has 0 bridgehead atoms. The van der Waals surface area contributed by atoms with Gasteiger partial charge in [-0.15, -0.1) is 45.3 Å². The first-order chi connectivity index (χ1) is 37.6. The van der Waals surface area contributed by atoms with Crippen molar-refractivity contribution in [2.75, 3.05) is 0 Å². The van der Waals surface area contributed by atoms with Gasteiger partial charge in [0.1, 0.15) is 10.0 Å². The van der Waals surface area contributed by atoms with Gasteiger partial charge >= 0.3 is 0 Å². The predicted octanol–water partition coefficient (Wildman–Crippen LogP) is 26.5. The second-order valence-corrected chi connectivity index (χ2v) is 28.7. The van der Waals surface area contributed by atoms with E-state index in [1.165, 1.54) is 320 Å². The van der Waals surface area contributed by atoms with Gasteiger partial charge in [0.25, 0.3) is 0 Å². The minimum absolute atomic E-state index is 1.13. The van der Waals surface area contributed by atoms with Crippen LogP contribution in [-0.4, -0.2) is 9.97 Å². The van der Waals surface area contributed by atoms with Crippen molar-refractivity contribution in [2.24, 2.45) is 0 Å². The lowest BCUT2D eigenvalue weighted by atomic mass is 10.0. The van der Waals surface area contributed by atoms with E-state index in [0.717, 1.165) is 22.5 Å². The highest BCUT2D eigenvalue weighted by atomic mass is 32.1. The molecule has 2 nitrogen and oxygen atoms in total. The Morgan fingerprint density at radius 2 is 0.526 bits per heavy atom. The van der Waals surface area contributed by atoms with Gasteiger partial charge in [-0.25, -0.2) is 9.97 Å². The summed E-state index contributed by atoms with van der Waals surface area (Å²) in [5, 5.41) is 7.09. The van der Waals surface area contributed by atoms with Crippen LogP contribution in [0.5, 0.6) is 0 Å². The summed E-state index contributed by atoms with van der Waals surface area (Å²) in [5.74, 6) is 0. The van der Waals surface area contributed by atoms with Crippen molar-refractivity contribution in [2.45, 2.75) is 310 Å². The van der Waals surface area contributed by atoms with E-state index in [0.29, 0.717) is 0 Å². The fraction of sp³-hybridized carbons (Fsp3) is 0.706. The molecule has 0 fully saturated rings. The molecule has 424 valence electrons. The Labute approximate surface area is 490 Å². The molecule has 6 aromatic heterocycles. The van der Waals surface area contributed by atoms with Crippen molar-refractivity contribution in [3.05, 3.63) is 57.3 Å². The summed E-state index contributed by atoms with van der Waals surface area (Å²) in [6, 6.07) is 10.0. The van der Waals surface area contributed by atoms with E-state index in [1.807, 2.05) is 68.0 Å². The maximum atomic E-state index is 5.51. The van der Waals surface area contributed by atoms with E-state index in [2.05, 4.69) is 62.7 Å². The molecule has 0 unspecified atom stereocenters. The summed E-state index contributed by atoms with van der Waals surface area (Å²) in [6.45, 7) is 9.27. The van der Waals surface area contributed by atoms with Crippen LogP contribution in [0.1, 0.15) is 307 Å². The molecule has 6 heterocycles. The van der Waals surface area contributed by atoms with Gasteiger partial charge in [0.2, 0.25) is 0 Å². The Bertz CT molecular complexity index is 2160. The Morgan fingerprint density at radius 1 is 0.276 bits per heavy atom. The molecule has 0 amide bonds. The molecule has 6 aromatic rings. The summed E-state index contributed by atoms with van der Waals surface area (Å²) in [4.78, 5) is 22.1. The van der Waals surface area contributed by atoms with Gasteiger partial charge in [-0.3, -0.25) is 0 Å². The zero-order valence-electron chi connectivity index (χ0n) is 48.9. The molecule has 8 heteroatoms. The van der Waals surface area contributed by atoms with Crippen LogP contribution in [0.2, 0.25) is 0 Å². The lowest BCUT2D eigenvalue weighted by Gasteiger charge is -2.04. The number of thiophene rings is 4. The fourth-order valence-electron chi connectivity index (χ4n) is 11.4. The molecule has 6 rings (SSSR count). The Hall–Kier alpha value is -1.68. The van der Waals surface area contributed by atoms with Gasteiger partial charge < -0.3 is 0 Å². The largest absolute Gasteiger partial charge is 0.222 e. The first-order valence-electron chi connectivity index (χ1n) is 32.3. The molecule has 0 atom stereocenters. The number of hydrogen-bond donors (Lipinski definition) is 0. The zero-order valence-corrected chi connectivity index (χ0v) is 53.8. The molecule has 0 spiro atoms. The molecule has 0 N–H and O–H groups in total. The van der Waals surface area contributed by atoms with Gasteiger partial charge in [0.15, 0.2) is 9.66 Å². The van der Waals surface area contributed by atoms with Crippen LogP contribution in [0.15, 0.2) is 35.0 Å². The van der Waals surface area contributed by atoms with E-state index in [9.17, 15) is 0 Å². The number of thiazole rings is 2. The highest BCUT2D eigenvalue weighted by Gasteiger charge is 2.23. The first-order valence-corrected chi connectivity index (χ1v) is 37.3. The van der Waals surface area contributed by atoms with Crippen LogP contribution in [0, 0.1) is 0 Å². The summed E-state index contributed by atoms with van der Waals surface area (Å²) < 4.78 is 0. The Kier molecular flexibility index (Phi) is 33.1. The SMILES string of the molecule is CCCCCCCCCCCCc1ccsc1-c1cc(CCCCCCCCCCCC)c(-c2nc3sc(-c4sc(-c5sccc5CCCCCCCCCCCC)cc4CCCCCCCCCCCC)nc3s2)s1. The zero-order chi connectivity index (χ0) is 53.1. The monoisotopic (exact) mass is 1140 g/mol. The molecule has 0 saturated carbocycles. The van der Waals surface area contributed by atoms with Crippen molar-refractivity contribution < 1.29 is 0 Å². The number of rotatable bonds is 48. The van der Waals surface area contributed by atoms with Crippen molar-refractivity contribution in [3.63, 3.8) is 0 Å². The minimum atomic E-state index is 1.13. The van der Waals surface area contributed by atoms with E-state index >= 15 is 0 Å².